The number of rotatable bonds is 4. The summed E-state index contributed by atoms with van der Waals surface area (Å²) in [6.45, 7) is 5.43. The molecule has 0 heterocycles. The fourth-order valence-corrected chi connectivity index (χ4v) is 2.08. The number of benzene rings is 2. The van der Waals surface area contributed by atoms with E-state index in [2.05, 4.69) is 4.90 Å². The highest BCUT2D eigenvalue weighted by atomic mass is 19.1. The van der Waals surface area contributed by atoms with E-state index in [1.54, 1.807) is 18.2 Å². The van der Waals surface area contributed by atoms with Gasteiger partial charge in [-0.15, -0.1) is 0 Å². The molecular formula is C16H18FNO. The van der Waals surface area contributed by atoms with E-state index >= 15 is 0 Å². The number of halogens is 1. The number of aryl methyl sites for hydroxylation is 1. The summed E-state index contributed by atoms with van der Waals surface area (Å²) in [4.78, 5) is 2.09. The molecule has 0 amide bonds. The van der Waals surface area contributed by atoms with Gasteiger partial charge in [0.05, 0.1) is 0 Å². The van der Waals surface area contributed by atoms with Gasteiger partial charge < -0.3 is 10.0 Å². The highest BCUT2D eigenvalue weighted by Gasteiger charge is 2.09. The summed E-state index contributed by atoms with van der Waals surface area (Å²) >= 11 is 0. The predicted molar refractivity (Wildman–Crippen MR) is 76.0 cm³/mol. The molecule has 0 unspecified atom stereocenters. The molecule has 2 aromatic carbocycles. The first-order valence-electron chi connectivity index (χ1n) is 6.39. The van der Waals surface area contributed by atoms with E-state index in [-0.39, 0.29) is 5.82 Å². The molecule has 0 spiro atoms. The fourth-order valence-electron chi connectivity index (χ4n) is 2.08. The van der Waals surface area contributed by atoms with E-state index < -0.39 is 0 Å². The van der Waals surface area contributed by atoms with Gasteiger partial charge in [0.1, 0.15) is 11.6 Å². The van der Waals surface area contributed by atoms with Crippen LogP contribution in [0.5, 0.6) is 5.75 Å². The normalized spacial score (nSPS) is 10.5. The van der Waals surface area contributed by atoms with Gasteiger partial charge in [0, 0.05) is 24.3 Å². The van der Waals surface area contributed by atoms with Crippen LogP contribution in [0, 0.1) is 12.7 Å². The van der Waals surface area contributed by atoms with E-state index in [0.29, 0.717) is 12.3 Å². The van der Waals surface area contributed by atoms with Crippen LogP contribution in [0.3, 0.4) is 0 Å². The Balaban J connectivity index is 2.23. The molecule has 2 nitrogen and oxygen atoms in total. The molecule has 2 aromatic rings. The topological polar surface area (TPSA) is 23.5 Å². The molecule has 0 aliphatic rings. The zero-order valence-corrected chi connectivity index (χ0v) is 11.2. The molecule has 19 heavy (non-hydrogen) atoms. The van der Waals surface area contributed by atoms with Gasteiger partial charge in [-0.25, -0.2) is 4.39 Å². The minimum atomic E-state index is -0.238. The van der Waals surface area contributed by atoms with Gasteiger partial charge in [0.2, 0.25) is 0 Å². The number of nitrogens with zero attached hydrogens (tertiary/aromatic N) is 1. The van der Waals surface area contributed by atoms with Gasteiger partial charge in [-0.05, 0) is 44.2 Å². The van der Waals surface area contributed by atoms with Gasteiger partial charge >= 0.3 is 0 Å². The van der Waals surface area contributed by atoms with Crippen LogP contribution in [0.25, 0.3) is 0 Å². The fraction of sp³-hybridized carbons (Fsp3) is 0.250. The van der Waals surface area contributed by atoms with Crippen molar-refractivity contribution in [3.05, 3.63) is 59.4 Å². The second kappa shape index (κ2) is 5.74. The Morgan fingerprint density at radius 2 is 1.79 bits per heavy atom. The Hall–Kier alpha value is -2.03. The van der Waals surface area contributed by atoms with Crippen LogP contribution >= 0.6 is 0 Å². The van der Waals surface area contributed by atoms with Crippen molar-refractivity contribution in [2.45, 2.75) is 20.4 Å². The molecule has 1 N–H and O–H groups in total. The van der Waals surface area contributed by atoms with Crippen molar-refractivity contribution in [3.63, 3.8) is 0 Å². The number of hydrogen-bond acceptors (Lipinski definition) is 2. The van der Waals surface area contributed by atoms with Crippen molar-refractivity contribution >= 4 is 5.69 Å². The van der Waals surface area contributed by atoms with Crippen LogP contribution in [-0.2, 0) is 6.54 Å². The summed E-state index contributed by atoms with van der Waals surface area (Å²) in [7, 11) is 0. The second-order valence-electron chi connectivity index (χ2n) is 4.62. The van der Waals surface area contributed by atoms with Crippen molar-refractivity contribution in [1.82, 2.24) is 0 Å². The van der Waals surface area contributed by atoms with E-state index in [0.717, 1.165) is 23.4 Å². The summed E-state index contributed by atoms with van der Waals surface area (Å²) < 4.78 is 12.9. The third-order valence-corrected chi connectivity index (χ3v) is 3.17. The third kappa shape index (κ3) is 3.25. The molecule has 0 atom stereocenters. The maximum absolute atomic E-state index is 12.9. The summed E-state index contributed by atoms with van der Waals surface area (Å²) in [5, 5.41) is 9.88. The Morgan fingerprint density at radius 3 is 2.42 bits per heavy atom. The van der Waals surface area contributed by atoms with Crippen LogP contribution in [0.1, 0.15) is 18.1 Å². The molecule has 3 heteroatoms. The van der Waals surface area contributed by atoms with Gasteiger partial charge in [0.15, 0.2) is 0 Å². The lowest BCUT2D eigenvalue weighted by Crippen LogP contribution is -2.22. The minimum absolute atomic E-state index is 0.238. The van der Waals surface area contributed by atoms with Crippen molar-refractivity contribution in [2.24, 2.45) is 0 Å². The smallest absolute Gasteiger partial charge is 0.123 e. The Bertz CT molecular complexity index is 551. The van der Waals surface area contributed by atoms with Crippen LogP contribution in [0.4, 0.5) is 10.1 Å². The number of hydrogen-bond donors (Lipinski definition) is 1. The number of phenolic OH excluding ortho intramolecular Hbond substituents is 1. The Kier molecular flexibility index (Phi) is 4.05. The molecule has 0 bridgehead atoms. The standard InChI is InChI=1S/C16H18FNO/c1-3-18(15-7-5-14(17)6-8-15)11-13-10-12(2)4-9-16(13)19/h4-10,19H,3,11H2,1-2H3. The van der Waals surface area contributed by atoms with Crippen LogP contribution in [0.2, 0.25) is 0 Å². The van der Waals surface area contributed by atoms with Crippen molar-refractivity contribution in [3.8, 4) is 5.75 Å². The first kappa shape index (κ1) is 13.4. The van der Waals surface area contributed by atoms with Crippen molar-refractivity contribution in [2.75, 3.05) is 11.4 Å². The average molecular weight is 259 g/mol. The summed E-state index contributed by atoms with van der Waals surface area (Å²) in [6, 6.07) is 12.0. The molecular weight excluding hydrogens is 241 g/mol. The van der Waals surface area contributed by atoms with Gasteiger partial charge in [-0.3, -0.25) is 0 Å². The quantitative estimate of drug-likeness (QED) is 0.901. The molecule has 0 aromatic heterocycles. The molecule has 0 fully saturated rings. The first-order valence-corrected chi connectivity index (χ1v) is 6.39. The second-order valence-corrected chi connectivity index (χ2v) is 4.62. The van der Waals surface area contributed by atoms with Crippen molar-refractivity contribution < 1.29 is 9.50 Å². The molecule has 100 valence electrons. The van der Waals surface area contributed by atoms with E-state index in [1.165, 1.54) is 12.1 Å². The molecule has 0 radical (unpaired) electrons. The SMILES string of the molecule is CCN(Cc1cc(C)ccc1O)c1ccc(F)cc1. The van der Waals surface area contributed by atoms with Crippen LogP contribution < -0.4 is 4.90 Å². The summed E-state index contributed by atoms with van der Waals surface area (Å²) in [6.07, 6.45) is 0. The molecule has 0 saturated carbocycles. The molecule has 2 rings (SSSR count). The maximum Gasteiger partial charge on any atom is 0.123 e. The monoisotopic (exact) mass is 259 g/mol. The number of anilines is 1. The Morgan fingerprint density at radius 1 is 1.11 bits per heavy atom. The lowest BCUT2D eigenvalue weighted by atomic mass is 10.1. The molecule has 0 saturated heterocycles. The van der Waals surface area contributed by atoms with Gasteiger partial charge in [-0.2, -0.15) is 0 Å². The van der Waals surface area contributed by atoms with Gasteiger partial charge in [-0.1, -0.05) is 17.7 Å². The number of phenols is 1. The zero-order chi connectivity index (χ0) is 13.8. The predicted octanol–water partition coefficient (Wildman–Crippen LogP) is 3.87. The minimum Gasteiger partial charge on any atom is -0.508 e. The lowest BCUT2D eigenvalue weighted by molar-refractivity contribution is 0.467. The first-order chi connectivity index (χ1) is 9.10. The largest absolute Gasteiger partial charge is 0.508 e. The van der Waals surface area contributed by atoms with Crippen LogP contribution in [-0.4, -0.2) is 11.7 Å². The maximum atomic E-state index is 12.9. The summed E-state index contributed by atoms with van der Waals surface area (Å²) in [5.74, 6) is 0.0596. The van der Waals surface area contributed by atoms with Crippen molar-refractivity contribution in [1.29, 1.82) is 0 Å². The zero-order valence-electron chi connectivity index (χ0n) is 11.2. The van der Waals surface area contributed by atoms with Crippen LogP contribution in [0.15, 0.2) is 42.5 Å². The highest BCUT2D eigenvalue weighted by molar-refractivity contribution is 5.48. The average Bonchev–Trinajstić information content (AvgIpc) is 2.41. The molecule has 0 aliphatic heterocycles. The van der Waals surface area contributed by atoms with E-state index in [1.807, 2.05) is 26.0 Å². The highest BCUT2D eigenvalue weighted by Crippen LogP contribution is 2.23. The Labute approximate surface area is 113 Å². The lowest BCUT2D eigenvalue weighted by Gasteiger charge is -2.23. The van der Waals surface area contributed by atoms with E-state index in [4.69, 9.17) is 0 Å². The van der Waals surface area contributed by atoms with Gasteiger partial charge in [0.25, 0.3) is 0 Å². The van der Waals surface area contributed by atoms with E-state index in [9.17, 15) is 9.50 Å². The molecule has 0 aliphatic carbocycles. The number of aromatic hydroxyl groups is 1. The summed E-state index contributed by atoms with van der Waals surface area (Å²) in [5.41, 5.74) is 2.94. The third-order valence-electron chi connectivity index (χ3n) is 3.17.